The quantitative estimate of drug-likeness (QED) is 0.124. The molecule has 0 bridgehead atoms. The third-order valence-electron chi connectivity index (χ3n) is 5.88. The highest BCUT2D eigenvalue weighted by Gasteiger charge is 2.38. The first-order chi connectivity index (χ1) is 13.4. The number of hydrogen-bond acceptors (Lipinski definition) is 7. The molecular formula is C19H36N6O3. The number of piperidine rings is 1. The minimum Gasteiger partial charge on any atom is -0.461 e. The van der Waals surface area contributed by atoms with Gasteiger partial charge in [-0.3, -0.25) is 9.59 Å². The molecule has 1 saturated heterocycles. The summed E-state index contributed by atoms with van der Waals surface area (Å²) in [5.41, 5.74) is 8.03. The summed E-state index contributed by atoms with van der Waals surface area (Å²) in [6.07, 6.45) is 5.75. The van der Waals surface area contributed by atoms with Crippen LogP contribution in [0.1, 0.15) is 58.8 Å². The number of hydrazine groups is 1. The highest BCUT2D eigenvalue weighted by atomic mass is 16.5. The molecular weight excluding hydrogens is 360 g/mol. The van der Waals surface area contributed by atoms with Crippen LogP contribution >= 0.6 is 0 Å². The van der Waals surface area contributed by atoms with Crippen LogP contribution < -0.4 is 27.7 Å². The summed E-state index contributed by atoms with van der Waals surface area (Å²) in [4.78, 5) is 24.2. The summed E-state index contributed by atoms with van der Waals surface area (Å²) < 4.78 is 5.51. The Balaban J connectivity index is 1.79. The second-order valence-corrected chi connectivity index (χ2v) is 8.07. The molecule has 7 N–H and O–H groups in total. The maximum absolute atomic E-state index is 12.5. The van der Waals surface area contributed by atoms with Gasteiger partial charge in [0.25, 0.3) is 0 Å². The van der Waals surface area contributed by atoms with E-state index in [1.54, 1.807) is 6.92 Å². The van der Waals surface area contributed by atoms with E-state index in [0.717, 1.165) is 32.2 Å². The molecule has 0 aromatic rings. The van der Waals surface area contributed by atoms with Gasteiger partial charge in [-0.25, -0.2) is 11.4 Å². The van der Waals surface area contributed by atoms with E-state index in [1.165, 1.54) is 12.8 Å². The Morgan fingerprint density at radius 2 is 2.07 bits per heavy atom. The summed E-state index contributed by atoms with van der Waals surface area (Å²) in [6.45, 7) is 5.05. The number of ether oxygens (including phenoxy) is 1. The zero-order chi connectivity index (χ0) is 20.5. The molecule has 1 amide bonds. The molecule has 5 atom stereocenters. The first-order valence-corrected chi connectivity index (χ1v) is 10.4. The molecule has 1 aliphatic carbocycles. The summed E-state index contributed by atoms with van der Waals surface area (Å²) in [6, 6.07) is -0.287. The molecule has 28 heavy (non-hydrogen) atoms. The minimum atomic E-state index is -0.420. The van der Waals surface area contributed by atoms with Crippen LogP contribution in [-0.2, 0) is 14.3 Å². The Hall–Kier alpha value is -1.87. The van der Waals surface area contributed by atoms with Crippen LogP contribution in [-0.4, -0.2) is 42.9 Å². The minimum absolute atomic E-state index is 0.0952. The van der Waals surface area contributed by atoms with Crippen molar-refractivity contribution in [1.82, 2.24) is 16.2 Å². The Kier molecular flexibility index (Phi) is 8.98. The van der Waals surface area contributed by atoms with E-state index in [1.807, 2.05) is 6.92 Å². The highest BCUT2D eigenvalue weighted by Crippen LogP contribution is 2.40. The number of carbonyl (C=O) groups is 2. The van der Waals surface area contributed by atoms with Crippen molar-refractivity contribution >= 4 is 17.7 Å². The van der Waals surface area contributed by atoms with Crippen LogP contribution in [0, 0.1) is 17.8 Å². The van der Waals surface area contributed by atoms with Gasteiger partial charge >= 0.3 is 5.97 Å². The first-order valence-electron chi connectivity index (χ1n) is 10.4. The molecule has 1 saturated carbocycles. The van der Waals surface area contributed by atoms with Crippen molar-refractivity contribution in [2.24, 2.45) is 34.4 Å². The number of rotatable bonds is 9. The molecule has 0 aromatic heterocycles. The van der Waals surface area contributed by atoms with Crippen molar-refractivity contribution in [2.45, 2.75) is 70.9 Å². The van der Waals surface area contributed by atoms with E-state index in [2.05, 4.69) is 21.3 Å². The fourth-order valence-corrected chi connectivity index (χ4v) is 4.45. The van der Waals surface area contributed by atoms with Gasteiger partial charge in [0.05, 0.1) is 6.42 Å². The number of nitrogens with two attached hydrogens (primary N) is 2. The van der Waals surface area contributed by atoms with Crippen molar-refractivity contribution < 1.29 is 14.3 Å². The number of amides is 1. The Labute approximate surface area is 167 Å². The topological polar surface area (TPSA) is 144 Å². The third-order valence-corrected chi connectivity index (χ3v) is 5.88. The summed E-state index contributed by atoms with van der Waals surface area (Å²) in [7, 11) is 0. The van der Waals surface area contributed by atoms with Crippen LogP contribution in [0.5, 0.6) is 0 Å². The van der Waals surface area contributed by atoms with Gasteiger partial charge in [-0.15, -0.1) is 0 Å². The lowest BCUT2D eigenvalue weighted by molar-refractivity contribution is -0.153. The van der Waals surface area contributed by atoms with Gasteiger partial charge in [0.2, 0.25) is 5.91 Å². The molecule has 2 aliphatic rings. The Bertz CT molecular complexity index is 556. The van der Waals surface area contributed by atoms with Crippen molar-refractivity contribution in [3.63, 3.8) is 0 Å². The first kappa shape index (κ1) is 22.4. The lowest BCUT2D eigenvalue weighted by Crippen LogP contribution is -2.50. The fourth-order valence-electron chi connectivity index (χ4n) is 4.45. The van der Waals surface area contributed by atoms with E-state index < -0.39 is 6.10 Å². The molecule has 1 aliphatic heterocycles. The predicted molar refractivity (Wildman–Crippen MR) is 108 cm³/mol. The summed E-state index contributed by atoms with van der Waals surface area (Å²) in [5, 5.41) is 9.88. The van der Waals surface area contributed by atoms with Crippen LogP contribution in [0.4, 0.5) is 0 Å². The van der Waals surface area contributed by atoms with E-state index in [-0.39, 0.29) is 24.3 Å². The normalized spacial score (nSPS) is 28.8. The van der Waals surface area contributed by atoms with E-state index in [0.29, 0.717) is 30.1 Å². The average molecular weight is 397 g/mol. The van der Waals surface area contributed by atoms with E-state index >= 15 is 0 Å². The van der Waals surface area contributed by atoms with Crippen LogP contribution in [0.2, 0.25) is 0 Å². The molecule has 9 heteroatoms. The smallest absolute Gasteiger partial charge is 0.323 e. The molecule has 2 fully saturated rings. The van der Waals surface area contributed by atoms with Gasteiger partial charge in [-0.05, 0) is 63.8 Å². The Morgan fingerprint density at radius 3 is 2.79 bits per heavy atom. The van der Waals surface area contributed by atoms with Crippen LogP contribution in [0.25, 0.3) is 0 Å². The zero-order valence-corrected chi connectivity index (χ0v) is 17.1. The third kappa shape index (κ3) is 6.94. The number of hydrazone groups is 1. The zero-order valence-electron chi connectivity index (χ0n) is 17.1. The number of carbonyl (C=O) groups excluding carboxylic acids is 2. The number of amidine groups is 1. The van der Waals surface area contributed by atoms with Crippen molar-refractivity contribution in [1.29, 1.82) is 0 Å². The lowest BCUT2D eigenvalue weighted by atomic mass is 9.69. The maximum Gasteiger partial charge on any atom is 0.323 e. The van der Waals surface area contributed by atoms with Gasteiger partial charge in [0.1, 0.15) is 18.0 Å². The van der Waals surface area contributed by atoms with E-state index in [4.69, 9.17) is 16.3 Å². The summed E-state index contributed by atoms with van der Waals surface area (Å²) in [5.74, 6) is 7.07. The van der Waals surface area contributed by atoms with Gasteiger partial charge in [0, 0.05) is 13.0 Å². The molecule has 160 valence electrons. The Morgan fingerprint density at radius 1 is 1.29 bits per heavy atom. The monoisotopic (exact) mass is 396 g/mol. The number of esters is 1. The molecule has 5 unspecified atom stereocenters. The molecule has 1 heterocycles. The number of hydrogen-bond donors (Lipinski definition) is 5. The standard InChI is InChI=1S/C19H36N6O3/c1-3-22-18(26)8-12(2)28-19(27)16-10-15-9-13(4-6-14(15)11-23-16)5-7-17(20)24-25-21/h12-16,23,25H,3-11,21H2,1-2H3,(H2,20,24)(H,22,26). The molecule has 9 nitrogen and oxygen atoms in total. The number of nitrogens with zero attached hydrogens (tertiary/aromatic N) is 1. The van der Waals surface area contributed by atoms with Crippen molar-refractivity contribution in [3.8, 4) is 0 Å². The number of fused-ring (bicyclic) bond motifs is 1. The lowest BCUT2D eigenvalue weighted by Gasteiger charge is -2.42. The van der Waals surface area contributed by atoms with E-state index in [9.17, 15) is 9.59 Å². The van der Waals surface area contributed by atoms with Crippen LogP contribution in [0.3, 0.4) is 0 Å². The molecule has 2 rings (SSSR count). The summed E-state index contributed by atoms with van der Waals surface area (Å²) >= 11 is 0. The van der Waals surface area contributed by atoms with Gasteiger partial charge in [0.15, 0.2) is 0 Å². The molecule has 0 spiro atoms. The largest absolute Gasteiger partial charge is 0.461 e. The van der Waals surface area contributed by atoms with Gasteiger partial charge < -0.3 is 21.1 Å². The maximum atomic E-state index is 12.5. The second-order valence-electron chi connectivity index (χ2n) is 8.07. The predicted octanol–water partition coefficient (Wildman–Crippen LogP) is 0.354. The average Bonchev–Trinajstić information content (AvgIpc) is 2.66. The van der Waals surface area contributed by atoms with Gasteiger partial charge in [-0.1, -0.05) is 6.42 Å². The number of nitrogens with one attached hydrogen (secondary N) is 3. The SMILES string of the molecule is CCNC(=O)CC(C)OC(=O)C1CC2CC(CC/C(N)=N/NN)CCC2CN1. The van der Waals surface area contributed by atoms with Crippen molar-refractivity contribution in [2.75, 3.05) is 13.1 Å². The molecule has 0 aromatic carbocycles. The highest BCUT2D eigenvalue weighted by molar-refractivity contribution is 5.80. The van der Waals surface area contributed by atoms with Crippen molar-refractivity contribution in [3.05, 3.63) is 0 Å². The van der Waals surface area contributed by atoms with Crippen LogP contribution in [0.15, 0.2) is 5.10 Å². The van der Waals surface area contributed by atoms with Gasteiger partial charge in [-0.2, -0.15) is 5.10 Å². The molecule has 0 radical (unpaired) electrons. The second kappa shape index (κ2) is 11.2. The fraction of sp³-hybridized carbons (Fsp3) is 0.842.